The molecular formula is C49H54N8O8S3. The normalized spacial score (nSPS) is 17.3. The van der Waals surface area contributed by atoms with E-state index >= 15 is 0 Å². The lowest BCUT2D eigenvalue weighted by Crippen LogP contribution is -2.59. The molecule has 2 unspecified atom stereocenters. The maximum atomic E-state index is 14.4. The van der Waals surface area contributed by atoms with Crippen LogP contribution < -0.4 is 20.9 Å². The molecule has 0 radical (unpaired) electrons. The molecule has 8 rings (SSSR count). The van der Waals surface area contributed by atoms with Gasteiger partial charge in [-0.1, -0.05) is 80.6 Å². The highest BCUT2D eigenvalue weighted by molar-refractivity contribution is 7.22. The number of hydrogen-bond donors (Lipinski definition) is 5. The van der Waals surface area contributed by atoms with Crippen LogP contribution in [-0.2, 0) is 38.5 Å². The number of benzene rings is 3. The molecule has 16 nitrogen and oxygen atoms in total. The predicted octanol–water partition coefficient (Wildman–Crippen LogP) is 7.02. The number of aromatic nitrogens is 3. The molecule has 0 saturated carbocycles. The SMILES string of the molecule is COC(CCc1sc(N2CCc3cccc(C(=O)Nc4nc5ccccc5s4)c3C2)nc1C(=O)O)C(=O)NC(C(=O)N1C[C@H](O)C[C@H]1C(=O)N[C@@H](C)c1ccc(-c2scnc2C)cc1)C(C)(C)C. The first-order valence-corrected chi connectivity index (χ1v) is 24.9. The van der Waals surface area contributed by atoms with Gasteiger partial charge in [0, 0.05) is 43.6 Å². The van der Waals surface area contributed by atoms with Gasteiger partial charge in [-0.3, -0.25) is 24.5 Å². The van der Waals surface area contributed by atoms with Crippen molar-refractivity contribution in [2.45, 2.75) is 97.2 Å². The number of carbonyl (C=O) groups is 5. The van der Waals surface area contributed by atoms with Crippen LogP contribution >= 0.6 is 34.0 Å². The molecule has 5 N–H and O–H groups in total. The maximum Gasteiger partial charge on any atom is 0.355 e. The summed E-state index contributed by atoms with van der Waals surface area (Å²) in [4.78, 5) is 86.7. The van der Waals surface area contributed by atoms with Crippen LogP contribution in [0.25, 0.3) is 20.7 Å². The van der Waals surface area contributed by atoms with Gasteiger partial charge in [-0.05, 0) is 79.0 Å². The lowest BCUT2D eigenvalue weighted by molar-refractivity contribution is -0.146. The highest BCUT2D eigenvalue weighted by atomic mass is 32.1. The number of aromatic carboxylic acids is 1. The number of likely N-dealkylation sites (tertiary alicyclic amines) is 1. The van der Waals surface area contributed by atoms with Crippen molar-refractivity contribution in [1.29, 1.82) is 0 Å². The number of ether oxygens (including phenoxy) is 1. The molecule has 2 aliphatic rings. The predicted molar refractivity (Wildman–Crippen MR) is 263 cm³/mol. The molecule has 4 amide bonds. The summed E-state index contributed by atoms with van der Waals surface area (Å²) in [5.74, 6) is -3.03. The number of aliphatic hydroxyl groups excluding tert-OH is 1. The minimum atomic E-state index is -1.21. The summed E-state index contributed by atoms with van der Waals surface area (Å²) < 4.78 is 6.61. The zero-order valence-corrected chi connectivity index (χ0v) is 41.0. The average Bonchev–Trinajstić information content (AvgIpc) is 4.13. The van der Waals surface area contributed by atoms with Crippen LogP contribution in [0.15, 0.2) is 72.2 Å². The van der Waals surface area contributed by atoms with E-state index in [0.29, 0.717) is 40.2 Å². The molecule has 5 atom stereocenters. The molecule has 3 aromatic heterocycles. The van der Waals surface area contributed by atoms with Crippen molar-refractivity contribution in [3.05, 3.63) is 111 Å². The van der Waals surface area contributed by atoms with Gasteiger partial charge in [0.25, 0.3) is 5.91 Å². The standard InChI is InChI=1S/C49H54N8O8S3/c1-26(28-14-16-30(17-15-28)40-27(2)50-25-66-40)51-43(60)35-22-31(58)23-57(35)45(62)41(49(3,4)5)54-44(61)36(65-6)18-19-38-39(46(63)64)53-48(68-38)56-21-20-29-10-9-11-32(33(29)24-56)42(59)55-47-52-34-12-7-8-13-37(34)67-47/h7-17,25-26,31,35-36,41,58H,18-24H2,1-6H3,(H,51,60)(H,54,61)(H,63,64)(H,52,55,59)/t26-,31+,35-,36?,41?/m0/s1. The van der Waals surface area contributed by atoms with Gasteiger partial charge in [0.1, 0.15) is 18.2 Å². The van der Waals surface area contributed by atoms with Crippen LogP contribution in [0.3, 0.4) is 0 Å². The fourth-order valence-corrected chi connectivity index (χ4v) is 11.5. The number of aryl methyl sites for hydroxylation is 2. The van der Waals surface area contributed by atoms with Crippen LogP contribution in [-0.4, -0.2) is 104 Å². The first-order valence-electron chi connectivity index (χ1n) is 22.4. The molecule has 6 aromatic rings. The van der Waals surface area contributed by atoms with Gasteiger partial charge in [0.05, 0.1) is 38.4 Å². The molecule has 19 heteroatoms. The number of carbonyl (C=O) groups excluding carboxylic acids is 4. The number of thiazole rings is 3. The third kappa shape index (κ3) is 10.5. The van der Waals surface area contributed by atoms with Gasteiger partial charge >= 0.3 is 5.97 Å². The second-order valence-electron chi connectivity index (χ2n) is 18.2. The van der Waals surface area contributed by atoms with Gasteiger partial charge in [-0.25, -0.2) is 19.7 Å². The van der Waals surface area contributed by atoms with E-state index in [1.54, 1.807) is 43.7 Å². The zero-order valence-electron chi connectivity index (χ0n) is 38.6. The van der Waals surface area contributed by atoms with Crippen molar-refractivity contribution in [1.82, 2.24) is 30.5 Å². The Morgan fingerprint density at radius 2 is 1.74 bits per heavy atom. The molecule has 3 aromatic carbocycles. The number of aliphatic hydroxyl groups is 1. The number of carboxylic acids is 1. The van der Waals surface area contributed by atoms with Crippen LogP contribution in [0.4, 0.5) is 10.3 Å². The third-order valence-electron chi connectivity index (χ3n) is 12.4. The Morgan fingerprint density at radius 1 is 0.971 bits per heavy atom. The Kier molecular flexibility index (Phi) is 14.4. The summed E-state index contributed by atoms with van der Waals surface area (Å²) in [6.07, 6.45) is -1.17. The fraction of sp³-hybridized carbons (Fsp3) is 0.388. The molecule has 1 saturated heterocycles. The van der Waals surface area contributed by atoms with E-state index in [2.05, 4.69) is 30.9 Å². The Morgan fingerprint density at radius 3 is 2.43 bits per heavy atom. The second-order valence-corrected chi connectivity index (χ2v) is 21.2. The van der Waals surface area contributed by atoms with Crippen LogP contribution in [0.5, 0.6) is 0 Å². The van der Waals surface area contributed by atoms with Gasteiger partial charge < -0.3 is 35.4 Å². The molecule has 0 spiro atoms. The van der Waals surface area contributed by atoms with Crippen molar-refractivity contribution in [2.75, 3.05) is 30.4 Å². The Bertz CT molecular complexity index is 2820. The first kappa shape index (κ1) is 48.3. The summed E-state index contributed by atoms with van der Waals surface area (Å²) in [5, 5.41) is 30.8. The van der Waals surface area contributed by atoms with Crippen molar-refractivity contribution in [3.8, 4) is 10.4 Å². The first-order chi connectivity index (χ1) is 32.5. The van der Waals surface area contributed by atoms with Crippen molar-refractivity contribution < 1.29 is 38.9 Å². The number of carboxylic acid groups (broad SMARTS) is 1. The fourth-order valence-electron chi connectivity index (χ4n) is 8.73. The molecular weight excluding hydrogens is 925 g/mol. The van der Waals surface area contributed by atoms with E-state index in [0.717, 1.165) is 43.0 Å². The van der Waals surface area contributed by atoms with Crippen LogP contribution in [0, 0.1) is 12.3 Å². The van der Waals surface area contributed by atoms with Crippen LogP contribution in [0.1, 0.15) is 94.7 Å². The molecule has 0 bridgehead atoms. The largest absolute Gasteiger partial charge is 0.476 e. The van der Waals surface area contributed by atoms with E-state index in [9.17, 15) is 34.2 Å². The molecule has 0 aliphatic carbocycles. The summed E-state index contributed by atoms with van der Waals surface area (Å²) in [5.41, 5.74) is 6.81. The molecule has 356 valence electrons. The van der Waals surface area contributed by atoms with E-state index < -0.39 is 59.4 Å². The number of β-amino-alcohol motifs (C(OH)–C–C–N with tert-alkyl or cyclic N) is 1. The number of anilines is 2. The lowest BCUT2D eigenvalue weighted by Gasteiger charge is -2.36. The summed E-state index contributed by atoms with van der Waals surface area (Å²) in [6.45, 7) is 10.00. The van der Waals surface area contributed by atoms with E-state index in [4.69, 9.17) is 4.74 Å². The maximum absolute atomic E-state index is 14.4. The van der Waals surface area contributed by atoms with Crippen molar-refractivity contribution in [3.63, 3.8) is 0 Å². The van der Waals surface area contributed by atoms with E-state index in [1.807, 2.05) is 79.4 Å². The van der Waals surface area contributed by atoms with Gasteiger partial charge in [-0.15, -0.1) is 22.7 Å². The average molecular weight is 979 g/mol. The summed E-state index contributed by atoms with van der Waals surface area (Å²) in [6, 6.07) is 18.6. The molecule has 1 fully saturated rings. The van der Waals surface area contributed by atoms with Gasteiger partial charge in [0.15, 0.2) is 16.0 Å². The Labute approximate surface area is 405 Å². The number of fused-ring (bicyclic) bond motifs is 2. The number of para-hydroxylation sites is 1. The number of nitrogens with zero attached hydrogens (tertiary/aromatic N) is 5. The number of amides is 4. The molecule has 2 aliphatic heterocycles. The third-order valence-corrected chi connectivity index (χ3v) is 15.5. The smallest absolute Gasteiger partial charge is 0.355 e. The number of methoxy groups -OCH3 is 1. The lowest BCUT2D eigenvalue weighted by atomic mass is 9.85. The number of hydrogen-bond acceptors (Lipinski definition) is 14. The highest BCUT2D eigenvalue weighted by Crippen LogP contribution is 2.35. The minimum Gasteiger partial charge on any atom is -0.476 e. The van der Waals surface area contributed by atoms with E-state index in [1.165, 1.54) is 34.7 Å². The van der Waals surface area contributed by atoms with Gasteiger partial charge in [0.2, 0.25) is 17.7 Å². The topological polar surface area (TPSA) is 216 Å². The highest BCUT2D eigenvalue weighted by Gasteiger charge is 2.45. The quantitative estimate of drug-likeness (QED) is 0.0702. The second kappa shape index (κ2) is 20.2. The zero-order chi connectivity index (χ0) is 48.4. The number of rotatable bonds is 15. The van der Waals surface area contributed by atoms with Crippen LogP contribution in [0.2, 0.25) is 0 Å². The Hall–Kier alpha value is -6.12. The summed E-state index contributed by atoms with van der Waals surface area (Å²) in [7, 11) is 1.37. The van der Waals surface area contributed by atoms with E-state index in [-0.39, 0.29) is 37.4 Å². The molecule has 5 heterocycles. The van der Waals surface area contributed by atoms with Crippen molar-refractivity contribution in [2.24, 2.45) is 5.41 Å². The molecule has 68 heavy (non-hydrogen) atoms. The monoisotopic (exact) mass is 978 g/mol. The minimum absolute atomic E-state index is 0.0353. The van der Waals surface area contributed by atoms with Gasteiger partial charge in [-0.2, -0.15) is 0 Å². The Balaban J connectivity index is 0.915. The van der Waals surface area contributed by atoms with Crippen molar-refractivity contribution >= 4 is 84.1 Å². The summed E-state index contributed by atoms with van der Waals surface area (Å²) >= 11 is 4.16. The number of nitrogens with one attached hydrogen (secondary N) is 3.